The number of aliphatic hydroxyl groups is 2. The third-order valence-electron chi connectivity index (χ3n) is 5.63. The summed E-state index contributed by atoms with van der Waals surface area (Å²) in [5.74, 6) is -1.93. The molecule has 0 aromatic heterocycles. The van der Waals surface area contributed by atoms with E-state index in [1.54, 1.807) is 24.3 Å². The number of rotatable bonds is 11. The van der Waals surface area contributed by atoms with Crippen LogP contribution in [-0.2, 0) is 23.9 Å². The van der Waals surface area contributed by atoms with Crippen LogP contribution in [0.25, 0.3) is 0 Å². The van der Waals surface area contributed by atoms with Gasteiger partial charge in [0, 0.05) is 25.0 Å². The summed E-state index contributed by atoms with van der Waals surface area (Å²) in [6.45, 7) is 2.08. The minimum Gasteiger partial charge on any atom is -0.510 e. The first-order valence-electron chi connectivity index (χ1n) is 12.0. The van der Waals surface area contributed by atoms with Gasteiger partial charge in [-0.25, -0.2) is 0 Å². The van der Waals surface area contributed by atoms with Gasteiger partial charge >= 0.3 is 0 Å². The molecule has 1 heterocycles. The molecule has 3 rings (SSSR count). The Morgan fingerprint density at radius 3 is 2.30 bits per heavy atom. The Hall–Kier alpha value is -4.08. The number of allylic oxidation sites excluding steroid dienone is 11. The molecule has 0 aromatic rings. The van der Waals surface area contributed by atoms with Gasteiger partial charge in [-0.15, -0.1) is 0 Å². The average molecular weight is 507 g/mol. The number of Topliss-reactive ketones (excluding diaryl/α,β-unsaturated/α-hetero) is 2. The summed E-state index contributed by atoms with van der Waals surface area (Å²) in [7, 11) is 0. The maximum atomic E-state index is 12.4. The topological polar surface area (TPSA) is 145 Å². The fourth-order valence-corrected chi connectivity index (χ4v) is 3.66. The van der Waals surface area contributed by atoms with E-state index in [4.69, 9.17) is 4.74 Å². The van der Waals surface area contributed by atoms with Crippen LogP contribution in [-0.4, -0.2) is 51.4 Å². The van der Waals surface area contributed by atoms with Crippen LogP contribution >= 0.6 is 0 Å². The number of unbranched alkanes of at least 4 members (excludes halogenated alkanes) is 1. The van der Waals surface area contributed by atoms with Gasteiger partial charge in [-0.05, 0) is 18.6 Å². The van der Waals surface area contributed by atoms with Crippen molar-refractivity contribution in [2.45, 2.75) is 50.4 Å². The van der Waals surface area contributed by atoms with E-state index in [1.165, 1.54) is 42.5 Å². The number of epoxide rings is 1. The Balaban J connectivity index is 1.54. The molecular formula is C28H30N2O7. The van der Waals surface area contributed by atoms with Gasteiger partial charge in [0.25, 0.3) is 0 Å². The van der Waals surface area contributed by atoms with E-state index < -0.39 is 35.4 Å². The lowest BCUT2D eigenvalue weighted by atomic mass is 9.88. The first-order valence-corrected chi connectivity index (χ1v) is 12.0. The molecule has 1 aliphatic heterocycles. The SMILES string of the molecule is CCCC=CC=CC=CC(=O)NC1=CC(O)(C=CC=CC=CC(=O)NC2=C(O)CCC2=O)C2OC2C1=O. The highest BCUT2D eigenvalue weighted by molar-refractivity contribution is 6.06. The minimum absolute atomic E-state index is 0.0491. The average Bonchev–Trinajstić information content (AvgIpc) is 3.62. The van der Waals surface area contributed by atoms with Gasteiger partial charge < -0.3 is 25.6 Å². The molecule has 3 aliphatic rings. The zero-order chi connectivity index (χ0) is 26.8. The van der Waals surface area contributed by atoms with E-state index in [2.05, 4.69) is 17.6 Å². The lowest BCUT2D eigenvalue weighted by molar-refractivity contribution is -0.121. The van der Waals surface area contributed by atoms with Gasteiger partial charge in [0.15, 0.2) is 11.9 Å². The first kappa shape index (κ1) is 27.5. The standard InChI is InChI=1S/C28H30N2O7/c1-2-3-4-5-6-7-10-13-22(33)29-19-18-28(36,27-26(37-27)25(19)35)17-12-9-8-11-14-23(34)30-24-20(31)15-16-21(24)32/h4-14,17-18,26-27,31,36H,2-3,15-16H2,1H3,(H,29,33)(H,30,34). The summed E-state index contributed by atoms with van der Waals surface area (Å²) in [4.78, 5) is 48.1. The van der Waals surface area contributed by atoms with Crippen molar-refractivity contribution in [2.75, 3.05) is 0 Å². The molecule has 9 heteroatoms. The molecule has 37 heavy (non-hydrogen) atoms. The highest BCUT2D eigenvalue weighted by Crippen LogP contribution is 2.40. The van der Waals surface area contributed by atoms with Crippen molar-refractivity contribution < 1.29 is 34.1 Å². The Morgan fingerprint density at radius 2 is 1.65 bits per heavy atom. The van der Waals surface area contributed by atoms with Crippen molar-refractivity contribution in [3.05, 3.63) is 96.1 Å². The molecule has 1 fully saturated rings. The highest BCUT2D eigenvalue weighted by atomic mass is 16.6. The van der Waals surface area contributed by atoms with E-state index in [9.17, 15) is 29.4 Å². The zero-order valence-corrected chi connectivity index (χ0v) is 20.4. The Morgan fingerprint density at radius 1 is 1.00 bits per heavy atom. The molecule has 1 saturated heterocycles. The maximum Gasteiger partial charge on any atom is 0.248 e. The largest absolute Gasteiger partial charge is 0.510 e. The van der Waals surface area contributed by atoms with Gasteiger partial charge in [0.05, 0.1) is 5.70 Å². The van der Waals surface area contributed by atoms with Crippen molar-refractivity contribution in [1.82, 2.24) is 10.6 Å². The highest BCUT2D eigenvalue weighted by Gasteiger charge is 2.59. The van der Waals surface area contributed by atoms with Crippen LogP contribution in [0.4, 0.5) is 0 Å². The molecule has 0 saturated carbocycles. The van der Waals surface area contributed by atoms with Crippen molar-refractivity contribution in [2.24, 2.45) is 0 Å². The van der Waals surface area contributed by atoms with E-state index in [1.807, 2.05) is 12.2 Å². The third kappa shape index (κ3) is 7.70. The van der Waals surface area contributed by atoms with Crippen LogP contribution < -0.4 is 10.6 Å². The number of hydrogen-bond acceptors (Lipinski definition) is 7. The normalized spacial score (nSPS) is 25.9. The van der Waals surface area contributed by atoms with Gasteiger partial charge in [0.1, 0.15) is 23.2 Å². The number of aliphatic hydroxyl groups excluding tert-OH is 1. The van der Waals surface area contributed by atoms with E-state index in [0.29, 0.717) is 0 Å². The predicted octanol–water partition coefficient (Wildman–Crippen LogP) is 2.45. The van der Waals surface area contributed by atoms with Gasteiger partial charge in [0.2, 0.25) is 17.6 Å². The number of hydrogen-bond donors (Lipinski definition) is 4. The number of carbonyl (C=O) groups is 4. The zero-order valence-electron chi connectivity index (χ0n) is 20.4. The van der Waals surface area contributed by atoms with Crippen LogP contribution in [0.2, 0.25) is 0 Å². The van der Waals surface area contributed by atoms with E-state index >= 15 is 0 Å². The molecule has 0 aromatic carbocycles. The Bertz CT molecular complexity index is 1180. The van der Waals surface area contributed by atoms with Crippen molar-refractivity contribution in [1.29, 1.82) is 0 Å². The number of fused-ring (bicyclic) bond motifs is 1. The number of ketones is 2. The molecule has 4 N–H and O–H groups in total. The lowest BCUT2D eigenvalue weighted by Gasteiger charge is -2.23. The fourth-order valence-electron chi connectivity index (χ4n) is 3.66. The lowest BCUT2D eigenvalue weighted by Crippen LogP contribution is -2.42. The number of nitrogens with one attached hydrogen (secondary N) is 2. The minimum atomic E-state index is -1.60. The summed E-state index contributed by atoms with van der Waals surface area (Å²) >= 11 is 0. The summed E-state index contributed by atoms with van der Waals surface area (Å²) in [5.41, 5.74) is -1.73. The molecule has 9 nitrogen and oxygen atoms in total. The summed E-state index contributed by atoms with van der Waals surface area (Å²) < 4.78 is 5.32. The molecule has 0 radical (unpaired) electrons. The number of ether oxygens (including phenoxy) is 1. The van der Waals surface area contributed by atoms with Crippen LogP contribution in [0.1, 0.15) is 32.6 Å². The van der Waals surface area contributed by atoms with E-state index in [-0.39, 0.29) is 35.8 Å². The van der Waals surface area contributed by atoms with Crippen molar-refractivity contribution in [3.63, 3.8) is 0 Å². The number of carbonyl (C=O) groups excluding carboxylic acids is 4. The molecule has 194 valence electrons. The van der Waals surface area contributed by atoms with Gasteiger partial charge in [-0.2, -0.15) is 0 Å². The number of amides is 2. The molecule has 0 spiro atoms. The van der Waals surface area contributed by atoms with Crippen molar-refractivity contribution >= 4 is 23.4 Å². The van der Waals surface area contributed by atoms with Crippen LogP contribution in [0.3, 0.4) is 0 Å². The first-order chi connectivity index (χ1) is 17.7. The second-order valence-electron chi connectivity index (χ2n) is 8.57. The summed E-state index contributed by atoms with van der Waals surface area (Å²) in [5, 5.41) is 25.4. The second kappa shape index (κ2) is 12.8. The predicted molar refractivity (Wildman–Crippen MR) is 137 cm³/mol. The molecule has 0 bridgehead atoms. The molecule has 3 unspecified atom stereocenters. The van der Waals surface area contributed by atoms with E-state index in [0.717, 1.165) is 12.8 Å². The summed E-state index contributed by atoms with van der Waals surface area (Å²) in [6, 6.07) is 0. The maximum absolute atomic E-state index is 12.4. The quantitative estimate of drug-likeness (QED) is 0.191. The van der Waals surface area contributed by atoms with Crippen LogP contribution in [0.15, 0.2) is 96.1 Å². The van der Waals surface area contributed by atoms with Gasteiger partial charge in [-0.3, -0.25) is 19.2 Å². The van der Waals surface area contributed by atoms with Crippen LogP contribution in [0.5, 0.6) is 0 Å². The third-order valence-corrected chi connectivity index (χ3v) is 5.63. The molecular weight excluding hydrogens is 476 g/mol. The Labute approximate surface area is 215 Å². The van der Waals surface area contributed by atoms with Crippen molar-refractivity contribution in [3.8, 4) is 0 Å². The fraction of sp³-hybridized carbons (Fsp3) is 0.286. The smallest absolute Gasteiger partial charge is 0.248 e. The molecule has 3 atom stereocenters. The van der Waals surface area contributed by atoms with Crippen LogP contribution in [0, 0.1) is 0 Å². The van der Waals surface area contributed by atoms with Gasteiger partial charge in [-0.1, -0.05) is 68.0 Å². The second-order valence-corrected chi connectivity index (χ2v) is 8.57. The molecule has 2 aliphatic carbocycles. The summed E-state index contributed by atoms with van der Waals surface area (Å²) in [6.07, 6.45) is 20.9. The monoisotopic (exact) mass is 506 g/mol. The Kier molecular flexibility index (Phi) is 9.48. The molecule has 2 amide bonds.